The molecular weight excluding hydrogens is 184 g/mol. The van der Waals surface area contributed by atoms with Crippen molar-refractivity contribution >= 4 is 16.6 Å². The van der Waals surface area contributed by atoms with E-state index in [-0.39, 0.29) is 0 Å². The number of benzene rings is 1. The Morgan fingerprint density at radius 1 is 1.33 bits per heavy atom. The Morgan fingerprint density at radius 3 is 2.87 bits per heavy atom. The zero-order chi connectivity index (χ0) is 10.8. The summed E-state index contributed by atoms with van der Waals surface area (Å²) in [5.41, 5.74) is 3.27. The number of rotatable bonds is 3. The van der Waals surface area contributed by atoms with Crippen LogP contribution in [0.15, 0.2) is 30.5 Å². The molecule has 15 heavy (non-hydrogen) atoms. The van der Waals surface area contributed by atoms with Crippen molar-refractivity contribution in [3.63, 3.8) is 0 Å². The Bertz CT molecular complexity index is 494. The highest BCUT2D eigenvalue weighted by Crippen LogP contribution is 2.17. The van der Waals surface area contributed by atoms with Gasteiger partial charge in [-0.05, 0) is 29.5 Å². The molecule has 0 aliphatic rings. The minimum absolute atomic E-state index is 0.775. The standard InChI is InChI=1S/C13H16N2/c1-3-12(14)8-10-4-5-11-6-7-15(2)13(11)9-10/h4-7,9,14H,3,8H2,1-2H3. The molecule has 0 amide bonds. The van der Waals surface area contributed by atoms with Gasteiger partial charge in [-0.15, -0.1) is 0 Å². The van der Waals surface area contributed by atoms with Crippen molar-refractivity contribution < 1.29 is 0 Å². The maximum absolute atomic E-state index is 7.69. The highest BCUT2D eigenvalue weighted by Gasteiger charge is 2.01. The van der Waals surface area contributed by atoms with Crippen LogP contribution in [0.5, 0.6) is 0 Å². The van der Waals surface area contributed by atoms with E-state index in [4.69, 9.17) is 5.41 Å². The van der Waals surface area contributed by atoms with Crippen LogP contribution in [0.4, 0.5) is 0 Å². The number of hydrogen-bond donors (Lipinski definition) is 1. The number of nitrogens with one attached hydrogen (secondary N) is 1. The monoisotopic (exact) mass is 200 g/mol. The summed E-state index contributed by atoms with van der Waals surface area (Å²) in [5.74, 6) is 0. The fourth-order valence-electron chi connectivity index (χ4n) is 1.79. The summed E-state index contributed by atoms with van der Waals surface area (Å²) >= 11 is 0. The van der Waals surface area contributed by atoms with Crippen molar-refractivity contribution in [3.8, 4) is 0 Å². The molecule has 2 rings (SSSR count). The van der Waals surface area contributed by atoms with Gasteiger partial charge in [-0.1, -0.05) is 19.1 Å². The highest BCUT2D eigenvalue weighted by molar-refractivity contribution is 5.86. The normalized spacial score (nSPS) is 10.8. The maximum Gasteiger partial charge on any atom is 0.0480 e. The molecule has 0 bridgehead atoms. The van der Waals surface area contributed by atoms with Gasteiger partial charge in [0.05, 0.1) is 0 Å². The van der Waals surface area contributed by atoms with Gasteiger partial charge >= 0.3 is 0 Å². The summed E-state index contributed by atoms with van der Waals surface area (Å²) in [6.07, 6.45) is 3.68. The highest BCUT2D eigenvalue weighted by atomic mass is 14.9. The lowest BCUT2D eigenvalue weighted by Crippen LogP contribution is -1.99. The molecule has 0 aliphatic carbocycles. The molecule has 1 aromatic carbocycles. The van der Waals surface area contributed by atoms with Crippen molar-refractivity contribution in [2.45, 2.75) is 19.8 Å². The zero-order valence-electron chi connectivity index (χ0n) is 9.25. The molecule has 1 N–H and O–H groups in total. The number of hydrogen-bond acceptors (Lipinski definition) is 1. The van der Waals surface area contributed by atoms with E-state index in [1.165, 1.54) is 16.5 Å². The minimum Gasteiger partial charge on any atom is -0.351 e. The number of aromatic nitrogens is 1. The predicted octanol–water partition coefficient (Wildman–Crippen LogP) is 3.15. The lowest BCUT2D eigenvalue weighted by atomic mass is 10.1. The number of fused-ring (bicyclic) bond motifs is 1. The summed E-state index contributed by atoms with van der Waals surface area (Å²) < 4.78 is 2.12. The van der Waals surface area contributed by atoms with E-state index in [2.05, 4.69) is 42.1 Å². The average molecular weight is 200 g/mol. The third-order valence-corrected chi connectivity index (χ3v) is 2.80. The van der Waals surface area contributed by atoms with Gasteiger partial charge in [-0.3, -0.25) is 0 Å². The number of aryl methyl sites for hydroxylation is 1. The fourth-order valence-corrected chi connectivity index (χ4v) is 1.79. The molecule has 2 aromatic rings. The van der Waals surface area contributed by atoms with E-state index in [0.29, 0.717) is 0 Å². The van der Waals surface area contributed by atoms with E-state index in [0.717, 1.165) is 18.6 Å². The van der Waals surface area contributed by atoms with Gasteiger partial charge in [0.25, 0.3) is 0 Å². The Hall–Kier alpha value is -1.57. The lowest BCUT2D eigenvalue weighted by molar-refractivity contribution is 0.967. The first-order chi connectivity index (χ1) is 7.20. The van der Waals surface area contributed by atoms with E-state index in [1.807, 2.05) is 6.92 Å². The quantitative estimate of drug-likeness (QED) is 0.737. The number of nitrogens with zero attached hydrogens (tertiary/aromatic N) is 1. The van der Waals surface area contributed by atoms with Crippen LogP contribution in [0.3, 0.4) is 0 Å². The van der Waals surface area contributed by atoms with Crippen LogP contribution in [-0.2, 0) is 13.5 Å². The fraction of sp³-hybridized carbons (Fsp3) is 0.308. The van der Waals surface area contributed by atoms with Crippen molar-refractivity contribution in [3.05, 3.63) is 36.0 Å². The Balaban J connectivity index is 2.37. The third-order valence-electron chi connectivity index (χ3n) is 2.80. The van der Waals surface area contributed by atoms with Crippen LogP contribution in [-0.4, -0.2) is 10.3 Å². The van der Waals surface area contributed by atoms with E-state index in [9.17, 15) is 0 Å². The summed E-state index contributed by atoms with van der Waals surface area (Å²) in [7, 11) is 2.05. The van der Waals surface area contributed by atoms with E-state index in [1.54, 1.807) is 0 Å². The van der Waals surface area contributed by atoms with Gasteiger partial charge < -0.3 is 9.98 Å². The summed E-state index contributed by atoms with van der Waals surface area (Å²) in [6, 6.07) is 8.55. The summed E-state index contributed by atoms with van der Waals surface area (Å²) in [4.78, 5) is 0. The van der Waals surface area contributed by atoms with Crippen LogP contribution in [0.1, 0.15) is 18.9 Å². The summed E-state index contributed by atoms with van der Waals surface area (Å²) in [5, 5.41) is 8.96. The topological polar surface area (TPSA) is 28.8 Å². The zero-order valence-corrected chi connectivity index (χ0v) is 9.25. The predicted molar refractivity (Wildman–Crippen MR) is 64.6 cm³/mol. The Labute approximate surface area is 90.0 Å². The van der Waals surface area contributed by atoms with Gasteiger partial charge in [0.15, 0.2) is 0 Å². The maximum atomic E-state index is 7.69. The van der Waals surface area contributed by atoms with Crippen LogP contribution in [0, 0.1) is 5.41 Å². The van der Waals surface area contributed by atoms with Crippen molar-refractivity contribution in [1.82, 2.24) is 4.57 Å². The Kier molecular flexibility index (Phi) is 2.58. The molecule has 0 atom stereocenters. The minimum atomic E-state index is 0.775. The van der Waals surface area contributed by atoms with Crippen molar-refractivity contribution in [1.29, 1.82) is 5.41 Å². The molecule has 0 aliphatic heterocycles. The largest absolute Gasteiger partial charge is 0.351 e. The molecule has 0 radical (unpaired) electrons. The van der Waals surface area contributed by atoms with Gasteiger partial charge in [0, 0.05) is 30.9 Å². The van der Waals surface area contributed by atoms with Gasteiger partial charge in [0.1, 0.15) is 0 Å². The second-order valence-corrected chi connectivity index (χ2v) is 3.95. The first kappa shape index (κ1) is 9.97. The molecule has 0 fully saturated rings. The third kappa shape index (κ3) is 1.94. The SMILES string of the molecule is CCC(=N)Cc1ccc2ccn(C)c2c1. The molecule has 0 saturated heterocycles. The molecule has 1 heterocycles. The van der Waals surface area contributed by atoms with Crippen molar-refractivity contribution in [2.75, 3.05) is 0 Å². The molecular formula is C13H16N2. The van der Waals surface area contributed by atoms with Gasteiger partial charge in [-0.2, -0.15) is 0 Å². The van der Waals surface area contributed by atoms with Crippen LogP contribution >= 0.6 is 0 Å². The molecule has 2 heteroatoms. The average Bonchev–Trinajstić information content (AvgIpc) is 2.60. The molecule has 0 saturated carbocycles. The molecule has 0 unspecified atom stereocenters. The molecule has 78 valence electrons. The smallest absolute Gasteiger partial charge is 0.0480 e. The molecule has 2 nitrogen and oxygen atoms in total. The lowest BCUT2D eigenvalue weighted by Gasteiger charge is -2.03. The van der Waals surface area contributed by atoms with E-state index >= 15 is 0 Å². The second kappa shape index (κ2) is 3.89. The van der Waals surface area contributed by atoms with Crippen LogP contribution in [0.25, 0.3) is 10.9 Å². The van der Waals surface area contributed by atoms with Gasteiger partial charge in [-0.25, -0.2) is 0 Å². The van der Waals surface area contributed by atoms with Crippen LogP contribution in [0.2, 0.25) is 0 Å². The first-order valence-corrected chi connectivity index (χ1v) is 5.31. The van der Waals surface area contributed by atoms with Crippen LogP contribution < -0.4 is 0 Å². The van der Waals surface area contributed by atoms with Gasteiger partial charge in [0.2, 0.25) is 0 Å². The Morgan fingerprint density at radius 2 is 2.13 bits per heavy atom. The molecule has 1 aromatic heterocycles. The second-order valence-electron chi connectivity index (χ2n) is 3.95. The summed E-state index contributed by atoms with van der Waals surface area (Å²) in [6.45, 7) is 2.03. The first-order valence-electron chi connectivity index (χ1n) is 5.31. The van der Waals surface area contributed by atoms with Crippen molar-refractivity contribution in [2.24, 2.45) is 7.05 Å². The van der Waals surface area contributed by atoms with E-state index < -0.39 is 0 Å². The molecule has 0 spiro atoms.